The number of ether oxygens (including phenoxy) is 1. The SMILES string of the molecule is CC(NS(=O)(=O)c1ccc(OCC(=O)Nc2cccc(Cl)c2)cc1)c1ccccc1. The van der Waals surface area contributed by atoms with Crippen molar-refractivity contribution < 1.29 is 17.9 Å². The smallest absolute Gasteiger partial charge is 0.262 e. The van der Waals surface area contributed by atoms with Gasteiger partial charge >= 0.3 is 0 Å². The Morgan fingerprint density at radius 1 is 1.00 bits per heavy atom. The van der Waals surface area contributed by atoms with Gasteiger partial charge in [0, 0.05) is 16.8 Å². The van der Waals surface area contributed by atoms with Crippen LogP contribution in [0.2, 0.25) is 5.02 Å². The molecule has 0 radical (unpaired) electrons. The summed E-state index contributed by atoms with van der Waals surface area (Å²) in [7, 11) is -3.70. The summed E-state index contributed by atoms with van der Waals surface area (Å²) < 4.78 is 33.3. The molecule has 30 heavy (non-hydrogen) atoms. The summed E-state index contributed by atoms with van der Waals surface area (Å²) in [4.78, 5) is 12.1. The molecule has 156 valence electrons. The third-order valence-corrected chi connectivity index (χ3v) is 6.04. The molecule has 1 unspecified atom stereocenters. The predicted octanol–water partition coefficient (Wildman–Crippen LogP) is 4.40. The highest BCUT2D eigenvalue weighted by atomic mass is 35.5. The molecule has 3 rings (SSSR count). The fourth-order valence-electron chi connectivity index (χ4n) is 2.74. The molecular formula is C22H21ClN2O4S. The van der Waals surface area contributed by atoms with E-state index in [9.17, 15) is 13.2 Å². The molecule has 1 atom stereocenters. The molecule has 3 aromatic rings. The summed E-state index contributed by atoms with van der Waals surface area (Å²) in [5.41, 5.74) is 1.43. The van der Waals surface area contributed by atoms with Crippen molar-refractivity contribution in [2.75, 3.05) is 11.9 Å². The molecule has 0 spiro atoms. The molecule has 2 N–H and O–H groups in total. The Bertz CT molecular complexity index is 1100. The zero-order chi connectivity index (χ0) is 21.6. The second kappa shape index (κ2) is 9.75. The number of carbonyl (C=O) groups is 1. The summed E-state index contributed by atoms with van der Waals surface area (Å²) in [6, 6.07) is 21.6. The molecule has 0 aliphatic rings. The number of anilines is 1. The van der Waals surface area contributed by atoms with Crippen LogP contribution < -0.4 is 14.8 Å². The summed E-state index contributed by atoms with van der Waals surface area (Å²) in [6.07, 6.45) is 0. The standard InChI is InChI=1S/C22H21ClN2O4S/c1-16(17-6-3-2-4-7-17)25-30(27,28)21-12-10-20(11-13-21)29-15-22(26)24-19-9-5-8-18(23)14-19/h2-14,16,25H,15H2,1H3,(H,24,26). The maximum absolute atomic E-state index is 12.6. The highest BCUT2D eigenvalue weighted by Gasteiger charge is 2.18. The first-order valence-corrected chi connectivity index (χ1v) is 11.1. The van der Waals surface area contributed by atoms with Gasteiger partial charge < -0.3 is 10.1 Å². The Hall–Kier alpha value is -2.87. The van der Waals surface area contributed by atoms with Crippen LogP contribution in [0.3, 0.4) is 0 Å². The first-order chi connectivity index (χ1) is 14.3. The largest absolute Gasteiger partial charge is 0.484 e. The second-order valence-electron chi connectivity index (χ2n) is 6.57. The summed E-state index contributed by atoms with van der Waals surface area (Å²) in [6.45, 7) is 1.56. The van der Waals surface area contributed by atoms with E-state index in [1.165, 1.54) is 24.3 Å². The zero-order valence-corrected chi connectivity index (χ0v) is 17.8. The van der Waals surface area contributed by atoms with Crippen molar-refractivity contribution in [2.45, 2.75) is 17.9 Å². The van der Waals surface area contributed by atoms with Crippen LogP contribution in [0, 0.1) is 0 Å². The van der Waals surface area contributed by atoms with Crippen LogP contribution >= 0.6 is 11.6 Å². The Labute approximate surface area is 180 Å². The maximum atomic E-state index is 12.6. The first-order valence-electron chi connectivity index (χ1n) is 9.19. The molecule has 0 bridgehead atoms. The molecular weight excluding hydrogens is 424 g/mol. The van der Waals surface area contributed by atoms with Gasteiger partial charge in [-0.15, -0.1) is 0 Å². The van der Waals surface area contributed by atoms with Gasteiger partial charge in [0.05, 0.1) is 4.90 Å². The molecule has 0 fully saturated rings. The number of amides is 1. The normalized spacial score (nSPS) is 12.2. The molecule has 0 aromatic heterocycles. The van der Waals surface area contributed by atoms with Gasteiger partial charge in [-0.25, -0.2) is 13.1 Å². The minimum Gasteiger partial charge on any atom is -0.484 e. The van der Waals surface area contributed by atoms with E-state index in [1.807, 2.05) is 30.3 Å². The molecule has 0 saturated carbocycles. The molecule has 0 heterocycles. The van der Waals surface area contributed by atoms with E-state index >= 15 is 0 Å². The van der Waals surface area contributed by atoms with Crippen molar-refractivity contribution in [3.63, 3.8) is 0 Å². The van der Waals surface area contributed by atoms with E-state index in [1.54, 1.807) is 31.2 Å². The lowest BCUT2D eigenvalue weighted by molar-refractivity contribution is -0.118. The maximum Gasteiger partial charge on any atom is 0.262 e. The number of halogens is 1. The number of carbonyl (C=O) groups excluding carboxylic acids is 1. The number of hydrogen-bond donors (Lipinski definition) is 2. The molecule has 6 nitrogen and oxygen atoms in total. The Morgan fingerprint density at radius 2 is 1.70 bits per heavy atom. The van der Waals surface area contributed by atoms with Gasteiger partial charge in [0.25, 0.3) is 5.91 Å². The lowest BCUT2D eigenvalue weighted by Gasteiger charge is -2.15. The third-order valence-electron chi connectivity index (χ3n) is 4.24. The van der Waals surface area contributed by atoms with Crippen LogP contribution in [0.25, 0.3) is 0 Å². The topological polar surface area (TPSA) is 84.5 Å². The van der Waals surface area contributed by atoms with Crippen LogP contribution in [0.5, 0.6) is 5.75 Å². The number of benzene rings is 3. The van der Waals surface area contributed by atoms with Crippen molar-refractivity contribution in [2.24, 2.45) is 0 Å². The summed E-state index contributed by atoms with van der Waals surface area (Å²) >= 11 is 5.88. The van der Waals surface area contributed by atoms with Crippen LogP contribution in [-0.2, 0) is 14.8 Å². The second-order valence-corrected chi connectivity index (χ2v) is 8.72. The first kappa shape index (κ1) is 21.8. The van der Waals surface area contributed by atoms with E-state index in [4.69, 9.17) is 16.3 Å². The molecule has 0 aliphatic carbocycles. The van der Waals surface area contributed by atoms with Crippen LogP contribution in [0.4, 0.5) is 5.69 Å². The fraction of sp³-hybridized carbons (Fsp3) is 0.136. The van der Waals surface area contributed by atoms with Crippen molar-refractivity contribution in [3.05, 3.63) is 89.4 Å². The molecule has 3 aromatic carbocycles. The van der Waals surface area contributed by atoms with Gasteiger partial charge in [-0.3, -0.25) is 4.79 Å². The highest BCUT2D eigenvalue weighted by molar-refractivity contribution is 7.89. The third kappa shape index (κ3) is 6.06. The van der Waals surface area contributed by atoms with Crippen LogP contribution in [0.1, 0.15) is 18.5 Å². The van der Waals surface area contributed by atoms with Crippen molar-refractivity contribution >= 4 is 33.2 Å². The quantitative estimate of drug-likeness (QED) is 0.539. The van der Waals surface area contributed by atoms with E-state index in [0.717, 1.165) is 5.56 Å². The van der Waals surface area contributed by atoms with Crippen LogP contribution in [0.15, 0.2) is 83.8 Å². The van der Waals surface area contributed by atoms with Crippen molar-refractivity contribution in [1.29, 1.82) is 0 Å². The minimum atomic E-state index is -3.70. The van der Waals surface area contributed by atoms with E-state index in [2.05, 4.69) is 10.0 Å². The fourth-order valence-corrected chi connectivity index (χ4v) is 4.16. The Kier molecular flexibility index (Phi) is 7.10. The highest BCUT2D eigenvalue weighted by Crippen LogP contribution is 2.20. The van der Waals surface area contributed by atoms with Gasteiger partial charge in [0.15, 0.2) is 6.61 Å². The molecule has 0 saturated heterocycles. The van der Waals surface area contributed by atoms with Gasteiger partial charge in [0.1, 0.15) is 5.75 Å². The van der Waals surface area contributed by atoms with Gasteiger partial charge in [-0.05, 0) is 55.0 Å². The van der Waals surface area contributed by atoms with Gasteiger partial charge in [0.2, 0.25) is 10.0 Å². The average molecular weight is 445 g/mol. The summed E-state index contributed by atoms with van der Waals surface area (Å²) in [5, 5.41) is 3.19. The lowest BCUT2D eigenvalue weighted by Crippen LogP contribution is -2.26. The van der Waals surface area contributed by atoms with E-state index in [0.29, 0.717) is 16.5 Å². The lowest BCUT2D eigenvalue weighted by atomic mass is 10.1. The number of nitrogens with one attached hydrogen (secondary N) is 2. The van der Waals surface area contributed by atoms with Crippen molar-refractivity contribution in [1.82, 2.24) is 4.72 Å². The van der Waals surface area contributed by atoms with Gasteiger partial charge in [-0.1, -0.05) is 48.0 Å². The zero-order valence-electron chi connectivity index (χ0n) is 16.2. The average Bonchev–Trinajstić information content (AvgIpc) is 2.73. The van der Waals surface area contributed by atoms with Crippen LogP contribution in [-0.4, -0.2) is 20.9 Å². The monoisotopic (exact) mass is 444 g/mol. The van der Waals surface area contributed by atoms with E-state index in [-0.39, 0.29) is 23.5 Å². The van der Waals surface area contributed by atoms with E-state index < -0.39 is 10.0 Å². The number of sulfonamides is 1. The number of hydrogen-bond acceptors (Lipinski definition) is 4. The molecule has 0 aliphatic heterocycles. The number of rotatable bonds is 8. The van der Waals surface area contributed by atoms with Gasteiger partial charge in [-0.2, -0.15) is 0 Å². The minimum absolute atomic E-state index is 0.112. The Balaban J connectivity index is 1.56. The molecule has 8 heteroatoms. The predicted molar refractivity (Wildman–Crippen MR) is 117 cm³/mol. The summed E-state index contributed by atoms with van der Waals surface area (Å²) in [5.74, 6) is 0.0265. The van der Waals surface area contributed by atoms with Crippen molar-refractivity contribution in [3.8, 4) is 5.75 Å². The molecule has 1 amide bonds. The Morgan fingerprint density at radius 3 is 2.37 bits per heavy atom.